The molecule has 0 rings (SSSR count). The van der Waals surface area contributed by atoms with E-state index in [1.807, 2.05) is 0 Å². The van der Waals surface area contributed by atoms with E-state index in [0.29, 0.717) is 0 Å². The molecule has 0 aliphatic rings. The SMILES string of the molecule is CC(=O)NC(C)(C)C(N)=O. The van der Waals surface area contributed by atoms with Gasteiger partial charge < -0.3 is 11.1 Å². The van der Waals surface area contributed by atoms with Crippen molar-refractivity contribution in [3.05, 3.63) is 0 Å². The van der Waals surface area contributed by atoms with Crippen LogP contribution in [0.2, 0.25) is 0 Å². The molecule has 0 saturated carbocycles. The van der Waals surface area contributed by atoms with Gasteiger partial charge in [0.05, 0.1) is 0 Å². The number of nitrogens with one attached hydrogen (secondary N) is 1. The second-order valence-corrected chi connectivity index (χ2v) is 2.67. The number of nitrogens with two attached hydrogens (primary N) is 1. The summed E-state index contributed by atoms with van der Waals surface area (Å²) >= 11 is 0. The van der Waals surface area contributed by atoms with Crippen molar-refractivity contribution in [3.8, 4) is 0 Å². The number of carbonyl (C=O) groups excluding carboxylic acids is 2. The van der Waals surface area contributed by atoms with Crippen LogP contribution in [0.3, 0.4) is 0 Å². The summed E-state index contributed by atoms with van der Waals surface area (Å²) in [5.74, 6) is -0.800. The predicted octanol–water partition coefficient (Wildman–Crippen LogP) is -0.614. The van der Waals surface area contributed by atoms with Crippen LogP contribution in [0.4, 0.5) is 0 Å². The molecule has 4 heteroatoms. The van der Waals surface area contributed by atoms with Gasteiger partial charge in [-0.3, -0.25) is 9.59 Å². The first-order valence-electron chi connectivity index (χ1n) is 2.95. The highest BCUT2D eigenvalue weighted by molar-refractivity contribution is 5.88. The minimum Gasteiger partial charge on any atom is -0.368 e. The molecule has 0 saturated heterocycles. The second kappa shape index (κ2) is 2.68. The molecule has 0 aliphatic heterocycles. The second-order valence-electron chi connectivity index (χ2n) is 2.67. The molecular formula is C6H12N2O2. The molecule has 0 bridgehead atoms. The van der Waals surface area contributed by atoms with E-state index < -0.39 is 11.4 Å². The Morgan fingerprint density at radius 2 is 1.80 bits per heavy atom. The zero-order chi connectivity index (χ0) is 8.36. The predicted molar refractivity (Wildman–Crippen MR) is 37.1 cm³/mol. The van der Waals surface area contributed by atoms with Crippen LogP contribution in [0.5, 0.6) is 0 Å². The Bertz CT molecular complexity index is 163. The average molecular weight is 144 g/mol. The first-order valence-corrected chi connectivity index (χ1v) is 2.95. The molecule has 0 aliphatic carbocycles. The van der Waals surface area contributed by atoms with Gasteiger partial charge in [0.2, 0.25) is 11.8 Å². The van der Waals surface area contributed by atoms with E-state index in [0.717, 1.165) is 0 Å². The molecule has 0 unspecified atom stereocenters. The van der Waals surface area contributed by atoms with Gasteiger partial charge in [0, 0.05) is 6.92 Å². The first kappa shape index (κ1) is 8.94. The average Bonchev–Trinajstić information content (AvgIpc) is 1.60. The molecule has 0 heterocycles. The summed E-state index contributed by atoms with van der Waals surface area (Å²) < 4.78 is 0. The molecule has 10 heavy (non-hydrogen) atoms. The Balaban J connectivity index is 4.13. The van der Waals surface area contributed by atoms with Gasteiger partial charge >= 0.3 is 0 Å². The lowest BCUT2D eigenvalue weighted by Gasteiger charge is -2.20. The molecule has 0 spiro atoms. The van der Waals surface area contributed by atoms with E-state index in [4.69, 9.17) is 5.73 Å². The van der Waals surface area contributed by atoms with Crippen molar-refractivity contribution in [1.82, 2.24) is 5.32 Å². The lowest BCUT2D eigenvalue weighted by atomic mass is 10.1. The Morgan fingerprint density at radius 1 is 1.40 bits per heavy atom. The third-order valence-corrected chi connectivity index (χ3v) is 1.10. The molecule has 0 aromatic heterocycles. The van der Waals surface area contributed by atoms with Crippen molar-refractivity contribution in [2.24, 2.45) is 5.73 Å². The monoisotopic (exact) mass is 144 g/mol. The first-order chi connectivity index (χ1) is 4.36. The molecule has 2 amide bonds. The number of hydrogen-bond donors (Lipinski definition) is 2. The van der Waals surface area contributed by atoms with Crippen LogP contribution >= 0.6 is 0 Å². The topological polar surface area (TPSA) is 72.2 Å². The third-order valence-electron chi connectivity index (χ3n) is 1.10. The van der Waals surface area contributed by atoms with E-state index in [1.54, 1.807) is 13.8 Å². The normalized spacial score (nSPS) is 10.7. The van der Waals surface area contributed by atoms with Crippen LogP contribution in [-0.4, -0.2) is 17.4 Å². The fraction of sp³-hybridized carbons (Fsp3) is 0.667. The highest BCUT2D eigenvalue weighted by atomic mass is 16.2. The van der Waals surface area contributed by atoms with E-state index in [1.165, 1.54) is 6.92 Å². The Kier molecular flexibility index (Phi) is 2.40. The van der Waals surface area contributed by atoms with Gasteiger partial charge in [-0.05, 0) is 13.8 Å². The third kappa shape index (κ3) is 2.48. The molecule has 3 N–H and O–H groups in total. The number of rotatable bonds is 2. The Hall–Kier alpha value is -1.06. The standard InChI is InChI=1S/C6H12N2O2/c1-4(9)8-6(2,3)5(7)10/h1-3H3,(H2,7,10)(H,8,9). The molecule has 0 aromatic rings. The summed E-state index contributed by atoms with van der Waals surface area (Å²) in [5, 5.41) is 2.41. The molecule has 4 nitrogen and oxygen atoms in total. The van der Waals surface area contributed by atoms with Gasteiger partial charge in [-0.25, -0.2) is 0 Å². The molecular weight excluding hydrogens is 132 g/mol. The van der Waals surface area contributed by atoms with Crippen LogP contribution in [0, 0.1) is 0 Å². The molecule has 0 aromatic carbocycles. The number of amides is 2. The number of hydrogen-bond acceptors (Lipinski definition) is 2. The summed E-state index contributed by atoms with van der Waals surface area (Å²) in [4.78, 5) is 21.0. The van der Waals surface area contributed by atoms with Crippen molar-refractivity contribution in [3.63, 3.8) is 0 Å². The van der Waals surface area contributed by atoms with Gasteiger partial charge in [-0.15, -0.1) is 0 Å². The van der Waals surface area contributed by atoms with E-state index in [9.17, 15) is 9.59 Å². The number of primary amides is 1. The zero-order valence-electron chi connectivity index (χ0n) is 6.39. The van der Waals surface area contributed by atoms with Crippen LogP contribution in [0.25, 0.3) is 0 Å². The van der Waals surface area contributed by atoms with Crippen molar-refractivity contribution >= 4 is 11.8 Å². The van der Waals surface area contributed by atoms with Crippen molar-refractivity contribution in [1.29, 1.82) is 0 Å². The Labute approximate surface area is 59.8 Å². The van der Waals surface area contributed by atoms with Gasteiger partial charge in [-0.1, -0.05) is 0 Å². The Morgan fingerprint density at radius 3 is 1.90 bits per heavy atom. The maximum atomic E-state index is 10.6. The molecule has 0 radical (unpaired) electrons. The summed E-state index contributed by atoms with van der Waals surface area (Å²) in [5.41, 5.74) is 4.03. The van der Waals surface area contributed by atoms with E-state index in [2.05, 4.69) is 5.32 Å². The molecule has 0 fully saturated rings. The zero-order valence-corrected chi connectivity index (χ0v) is 6.39. The summed E-state index contributed by atoms with van der Waals surface area (Å²) in [6, 6.07) is 0. The molecule has 0 atom stereocenters. The van der Waals surface area contributed by atoms with Crippen molar-refractivity contribution in [2.45, 2.75) is 26.3 Å². The van der Waals surface area contributed by atoms with Crippen LogP contribution in [-0.2, 0) is 9.59 Å². The minimum atomic E-state index is -0.939. The van der Waals surface area contributed by atoms with Crippen molar-refractivity contribution < 1.29 is 9.59 Å². The van der Waals surface area contributed by atoms with Crippen LogP contribution in [0.15, 0.2) is 0 Å². The highest BCUT2D eigenvalue weighted by Gasteiger charge is 2.24. The van der Waals surface area contributed by atoms with Gasteiger partial charge in [-0.2, -0.15) is 0 Å². The van der Waals surface area contributed by atoms with Gasteiger partial charge in [0.25, 0.3) is 0 Å². The number of carbonyl (C=O) groups is 2. The fourth-order valence-corrected chi connectivity index (χ4v) is 0.502. The fourth-order valence-electron chi connectivity index (χ4n) is 0.502. The summed E-state index contributed by atoms with van der Waals surface area (Å²) in [7, 11) is 0. The quantitative estimate of drug-likeness (QED) is 0.542. The summed E-state index contributed by atoms with van der Waals surface area (Å²) in [6.07, 6.45) is 0. The minimum absolute atomic E-state index is 0.260. The molecule has 58 valence electrons. The highest BCUT2D eigenvalue weighted by Crippen LogP contribution is 1.98. The van der Waals surface area contributed by atoms with Crippen molar-refractivity contribution in [2.75, 3.05) is 0 Å². The summed E-state index contributed by atoms with van der Waals surface area (Å²) in [6.45, 7) is 4.44. The lowest BCUT2D eigenvalue weighted by molar-refractivity contribution is -0.129. The van der Waals surface area contributed by atoms with Crippen LogP contribution < -0.4 is 11.1 Å². The maximum absolute atomic E-state index is 10.6. The van der Waals surface area contributed by atoms with Crippen LogP contribution in [0.1, 0.15) is 20.8 Å². The van der Waals surface area contributed by atoms with Gasteiger partial charge in [0.1, 0.15) is 5.54 Å². The smallest absolute Gasteiger partial charge is 0.242 e. The van der Waals surface area contributed by atoms with E-state index >= 15 is 0 Å². The largest absolute Gasteiger partial charge is 0.368 e. The van der Waals surface area contributed by atoms with Gasteiger partial charge in [0.15, 0.2) is 0 Å². The lowest BCUT2D eigenvalue weighted by Crippen LogP contribution is -2.52. The van der Waals surface area contributed by atoms with E-state index in [-0.39, 0.29) is 5.91 Å². The maximum Gasteiger partial charge on any atom is 0.242 e.